The Bertz CT molecular complexity index is 1270. The molecule has 4 rings (SSSR count). The molecule has 0 saturated carbocycles. The lowest BCUT2D eigenvalue weighted by Gasteiger charge is -2.24. The summed E-state index contributed by atoms with van der Waals surface area (Å²) in [6.45, 7) is 0.499. The van der Waals surface area contributed by atoms with Crippen molar-refractivity contribution in [1.82, 2.24) is 14.8 Å². The Hall–Kier alpha value is -3.78. The van der Waals surface area contributed by atoms with Crippen molar-refractivity contribution in [2.24, 2.45) is 0 Å². The SMILES string of the molecule is COC(=O)c1cccc(Cn2cc(/C=C3\C(=O)NC(=S)N(C)C3=O)c3ccccc32)c1. The first-order chi connectivity index (χ1) is 14.9. The van der Waals surface area contributed by atoms with E-state index in [-0.39, 0.29) is 10.7 Å². The molecule has 0 aliphatic carbocycles. The molecule has 3 aromatic rings. The van der Waals surface area contributed by atoms with E-state index in [9.17, 15) is 14.4 Å². The molecule has 0 radical (unpaired) electrons. The number of hydrogen-bond acceptors (Lipinski definition) is 5. The highest BCUT2D eigenvalue weighted by atomic mass is 32.1. The minimum atomic E-state index is -0.518. The highest BCUT2D eigenvalue weighted by molar-refractivity contribution is 7.80. The van der Waals surface area contributed by atoms with Gasteiger partial charge in [0.2, 0.25) is 0 Å². The topological polar surface area (TPSA) is 80.6 Å². The number of aromatic nitrogens is 1. The largest absolute Gasteiger partial charge is 0.465 e. The molecule has 1 N–H and O–H groups in total. The Balaban J connectivity index is 1.75. The highest BCUT2D eigenvalue weighted by Gasteiger charge is 2.31. The summed E-state index contributed by atoms with van der Waals surface area (Å²) < 4.78 is 6.81. The maximum Gasteiger partial charge on any atom is 0.337 e. The summed E-state index contributed by atoms with van der Waals surface area (Å²) in [7, 11) is 2.87. The van der Waals surface area contributed by atoms with Gasteiger partial charge in [0, 0.05) is 36.3 Å². The van der Waals surface area contributed by atoms with Crippen LogP contribution in [0, 0.1) is 0 Å². The Morgan fingerprint density at radius 3 is 2.71 bits per heavy atom. The lowest BCUT2D eigenvalue weighted by Crippen LogP contribution is -2.52. The summed E-state index contributed by atoms with van der Waals surface area (Å²) in [5, 5.41) is 3.51. The molecule has 1 aliphatic rings. The van der Waals surface area contributed by atoms with E-state index in [4.69, 9.17) is 17.0 Å². The molecule has 2 aromatic carbocycles. The molecule has 0 bridgehead atoms. The molecule has 7 nitrogen and oxygen atoms in total. The Labute approximate surface area is 183 Å². The van der Waals surface area contributed by atoms with Crippen LogP contribution < -0.4 is 5.32 Å². The van der Waals surface area contributed by atoms with Gasteiger partial charge in [0.15, 0.2) is 5.11 Å². The van der Waals surface area contributed by atoms with Gasteiger partial charge in [-0.2, -0.15) is 0 Å². The Kier molecular flexibility index (Phi) is 5.39. The zero-order chi connectivity index (χ0) is 22.1. The van der Waals surface area contributed by atoms with Crippen molar-refractivity contribution in [2.45, 2.75) is 6.54 Å². The number of methoxy groups -OCH3 is 1. The van der Waals surface area contributed by atoms with Crippen molar-refractivity contribution in [3.8, 4) is 0 Å². The van der Waals surface area contributed by atoms with Crippen LogP contribution in [0.5, 0.6) is 0 Å². The van der Waals surface area contributed by atoms with E-state index in [0.29, 0.717) is 12.1 Å². The molecular weight excluding hydrogens is 414 g/mol. The molecule has 1 saturated heterocycles. The van der Waals surface area contributed by atoms with Crippen LogP contribution in [-0.4, -0.2) is 46.5 Å². The molecule has 0 atom stereocenters. The van der Waals surface area contributed by atoms with Crippen LogP contribution in [0.25, 0.3) is 17.0 Å². The van der Waals surface area contributed by atoms with E-state index in [1.807, 2.05) is 41.1 Å². The van der Waals surface area contributed by atoms with Gasteiger partial charge in [0.25, 0.3) is 11.8 Å². The van der Waals surface area contributed by atoms with E-state index in [0.717, 1.165) is 22.0 Å². The van der Waals surface area contributed by atoms with E-state index < -0.39 is 17.8 Å². The number of nitrogens with one attached hydrogen (secondary N) is 1. The van der Waals surface area contributed by atoms with Crippen LogP contribution in [0.15, 0.2) is 60.3 Å². The van der Waals surface area contributed by atoms with Gasteiger partial charge in [0.05, 0.1) is 12.7 Å². The van der Waals surface area contributed by atoms with Crippen LogP contribution in [0.1, 0.15) is 21.5 Å². The molecule has 1 aromatic heterocycles. The Morgan fingerprint density at radius 1 is 1.16 bits per heavy atom. The monoisotopic (exact) mass is 433 g/mol. The van der Waals surface area contributed by atoms with Gasteiger partial charge in [-0.05, 0) is 42.1 Å². The highest BCUT2D eigenvalue weighted by Crippen LogP contribution is 2.26. The Morgan fingerprint density at radius 2 is 1.94 bits per heavy atom. The van der Waals surface area contributed by atoms with Gasteiger partial charge in [-0.3, -0.25) is 19.8 Å². The lowest BCUT2D eigenvalue weighted by atomic mass is 10.1. The second-order valence-electron chi connectivity index (χ2n) is 7.10. The van der Waals surface area contributed by atoms with Crippen LogP contribution in [0.3, 0.4) is 0 Å². The number of nitrogens with zero attached hydrogens (tertiary/aromatic N) is 2. The molecule has 2 amide bonds. The van der Waals surface area contributed by atoms with Crippen molar-refractivity contribution in [2.75, 3.05) is 14.2 Å². The summed E-state index contributed by atoms with van der Waals surface area (Å²) in [6.07, 6.45) is 3.47. The van der Waals surface area contributed by atoms with Crippen molar-refractivity contribution in [1.29, 1.82) is 0 Å². The number of likely N-dealkylation sites (N-methyl/N-ethyl adjacent to an activating group) is 1. The van der Waals surface area contributed by atoms with Crippen LogP contribution >= 0.6 is 12.2 Å². The maximum absolute atomic E-state index is 12.6. The minimum absolute atomic E-state index is 0.0201. The normalized spacial score (nSPS) is 15.5. The van der Waals surface area contributed by atoms with Crippen molar-refractivity contribution in [3.05, 3.63) is 77.0 Å². The van der Waals surface area contributed by atoms with Crippen molar-refractivity contribution in [3.63, 3.8) is 0 Å². The first-order valence-corrected chi connectivity index (χ1v) is 9.90. The van der Waals surface area contributed by atoms with Crippen molar-refractivity contribution < 1.29 is 19.1 Å². The summed E-state index contributed by atoms with van der Waals surface area (Å²) in [4.78, 5) is 38.0. The number of ether oxygens (including phenoxy) is 1. The molecular formula is C23H19N3O4S. The van der Waals surface area contributed by atoms with E-state index in [2.05, 4.69) is 5.32 Å². The standard InChI is InChI=1S/C23H19N3O4S/c1-25-21(28)18(20(27)24-23(25)31)11-16-13-26(19-9-4-3-8-17(16)19)12-14-6-5-7-15(10-14)22(29)30-2/h3-11,13H,12H2,1-2H3,(H,24,27,31)/b18-11+. The number of benzene rings is 2. The predicted molar refractivity (Wildman–Crippen MR) is 120 cm³/mol. The molecule has 1 fully saturated rings. The third kappa shape index (κ3) is 3.85. The fourth-order valence-electron chi connectivity index (χ4n) is 3.53. The number of hydrogen-bond donors (Lipinski definition) is 1. The number of fused-ring (bicyclic) bond motifs is 1. The maximum atomic E-state index is 12.6. The van der Waals surface area contributed by atoms with Crippen LogP contribution in [0.2, 0.25) is 0 Å². The molecule has 0 unspecified atom stereocenters. The second kappa shape index (κ2) is 8.16. The summed E-state index contributed by atoms with van der Waals surface area (Å²) in [6, 6.07) is 14.9. The molecule has 0 spiro atoms. The van der Waals surface area contributed by atoms with E-state index >= 15 is 0 Å². The van der Waals surface area contributed by atoms with Gasteiger partial charge < -0.3 is 9.30 Å². The molecule has 1 aliphatic heterocycles. The third-order valence-corrected chi connectivity index (χ3v) is 5.50. The second-order valence-corrected chi connectivity index (χ2v) is 7.49. The van der Waals surface area contributed by atoms with Crippen LogP contribution in [0.4, 0.5) is 0 Å². The minimum Gasteiger partial charge on any atom is -0.465 e. The summed E-state index contributed by atoms with van der Waals surface area (Å²) in [5.74, 6) is -1.36. The number of rotatable bonds is 4. The van der Waals surface area contributed by atoms with Gasteiger partial charge >= 0.3 is 5.97 Å². The fourth-order valence-corrected chi connectivity index (χ4v) is 3.71. The lowest BCUT2D eigenvalue weighted by molar-refractivity contribution is -0.128. The van der Waals surface area contributed by atoms with Crippen LogP contribution in [-0.2, 0) is 20.9 Å². The molecule has 2 heterocycles. The number of para-hydroxylation sites is 1. The van der Waals surface area contributed by atoms with Gasteiger partial charge in [0.1, 0.15) is 5.57 Å². The quantitative estimate of drug-likeness (QED) is 0.296. The van der Waals surface area contributed by atoms with Crippen molar-refractivity contribution >= 4 is 52.1 Å². The zero-order valence-electron chi connectivity index (χ0n) is 16.9. The van der Waals surface area contributed by atoms with Gasteiger partial charge in [-0.25, -0.2) is 4.79 Å². The molecule has 31 heavy (non-hydrogen) atoms. The zero-order valence-corrected chi connectivity index (χ0v) is 17.7. The van der Waals surface area contributed by atoms with Gasteiger partial charge in [-0.1, -0.05) is 30.3 Å². The number of carbonyl (C=O) groups is 3. The van der Waals surface area contributed by atoms with E-state index in [1.54, 1.807) is 24.3 Å². The summed E-state index contributed by atoms with van der Waals surface area (Å²) in [5.41, 5.74) is 3.08. The third-order valence-electron chi connectivity index (χ3n) is 5.13. The number of amides is 2. The van der Waals surface area contributed by atoms with Gasteiger partial charge in [-0.15, -0.1) is 0 Å². The number of esters is 1. The number of thiocarbonyl (C=S) groups is 1. The average molecular weight is 433 g/mol. The first kappa shape index (κ1) is 20.5. The predicted octanol–water partition coefficient (Wildman–Crippen LogP) is 2.73. The number of carbonyl (C=O) groups excluding carboxylic acids is 3. The van der Waals surface area contributed by atoms with E-state index in [1.165, 1.54) is 19.1 Å². The summed E-state index contributed by atoms with van der Waals surface area (Å²) >= 11 is 5.00. The first-order valence-electron chi connectivity index (χ1n) is 9.49. The fraction of sp³-hybridized carbons (Fsp3) is 0.130. The smallest absolute Gasteiger partial charge is 0.337 e. The average Bonchev–Trinajstić information content (AvgIpc) is 3.12. The molecule has 8 heteroatoms. The molecule has 156 valence electrons.